The lowest BCUT2D eigenvalue weighted by molar-refractivity contribution is -0.139. The van der Waals surface area contributed by atoms with Crippen molar-refractivity contribution >= 4 is 11.9 Å². The van der Waals surface area contributed by atoms with Crippen LogP contribution in [-0.2, 0) is 23.8 Å². The largest absolute Gasteiger partial charge is 0.466 e. The molecular formula is C12H14O7. The maximum atomic E-state index is 11.9. The minimum absolute atomic E-state index is 0.138. The molecule has 19 heavy (non-hydrogen) atoms. The standard InChI is InChI=1S/C12H14O7/c1-17-9(15)7-8(10(16)18-2)12(6-14)4-3-11(7,5-13)19-12/h3-4,13-14H,5-6H2,1-2H3. The van der Waals surface area contributed by atoms with E-state index in [0.717, 1.165) is 14.2 Å². The van der Waals surface area contributed by atoms with Crippen LogP contribution in [0, 0.1) is 0 Å². The van der Waals surface area contributed by atoms with E-state index in [-0.39, 0.29) is 11.1 Å². The van der Waals surface area contributed by atoms with Gasteiger partial charge in [0.1, 0.15) is 11.2 Å². The van der Waals surface area contributed by atoms with Crippen molar-refractivity contribution in [1.29, 1.82) is 0 Å². The summed E-state index contributed by atoms with van der Waals surface area (Å²) in [6.07, 6.45) is 2.86. The Morgan fingerprint density at radius 3 is 1.68 bits per heavy atom. The van der Waals surface area contributed by atoms with Crippen molar-refractivity contribution in [2.24, 2.45) is 0 Å². The van der Waals surface area contributed by atoms with Gasteiger partial charge in [0.05, 0.1) is 38.6 Å². The minimum Gasteiger partial charge on any atom is -0.466 e. The number of rotatable bonds is 4. The zero-order valence-corrected chi connectivity index (χ0v) is 10.5. The minimum atomic E-state index is -1.47. The Kier molecular flexibility index (Phi) is 3.21. The molecule has 104 valence electrons. The number of aliphatic hydroxyl groups is 2. The summed E-state index contributed by atoms with van der Waals surface area (Å²) < 4.78 is 14.8. The molecule has 0 aliphatic carbocycles. The highest BCUT2D eigenvalue weighted by Crippen LogP contribution is 2.50. The van der Waals surface area contributed by atoms with Gasteiger partial charge in [-0.1, -0.05) is 0 Å². The quantitative estimate of drug-likeness (QED) is 0.483. The number of hydrogen-bond donors (Lipinski definition) is 2. The van der Waals surface area contributed by atoms with Gasteiger partial charge in [0.25, 0.3) is 0 Å². The molecule has 2 atom stereocenters. The van der Waals surface area contributed by atoms with E-state index in [2.05, 4.69) is 9.47 Å². The fraction of sp³-hybridized carbons (Fsp3) is 0.500. The van der Waals surface area contributed by atoms with Crippen LogP contribution < -0.4 is 0 Å². The van der Waals surface area contributed by atoms with Crippen LogP contribution in [0.1, 0.15) is 0 Å². The van der Waals surface area contributed by atoms with Gasteiger partial charge < -0.3 is 24.4 Å². The molecule has 2 bridgehead atoms. The third-order valence-electron chi connectivity index (χ3n) is 3.33. The summed E-state index contributed by atoms with van der Waals surface area (Å²) in [5.41, 5.74) is -3.22. The van der Waals surface area contributed by atoms with Crippen LogP contribution in [0.15, 0.2) is 23.3 Å². The van der Waals surface area contributed by atoms with Crippen molar-refractivity contribution < 1.29 is 34.0 Å². The van der Waals surface area contributed by atoms with Gasteiger partial charge in [-0.2, -0.15) is 0 Å². The second kappa shape index (κ2) is 4.44. The van der Waals surface area contributed by atoms with Gasteiger partial charge in [-0.25, -0.2) is 9.59 Å². The molecule has 2 rings (SSSR count). The lowest BCUT2D eigenvalue weighted by atomic mass is 9.82. The van der Waals surface area contributed by atoms with E-state index < -0.39 is 36.4 Å². The topological polar surface area (TPSA) is 102 Å². The SMILES string of the molecule is COC(=O)C1=C(C(=O)OC)C2(CO)C=CC1(CO)O2. The molecule has 0 spiro atoms. The van der Waals surface area contributed by atoms with Crippen LogP contribution in [0.2, 0.25) is 0 Å². The summed E-state index contributed by atoms with van der Waals surface area (Å²) in [6.45, 7) is -1.12. The van der Waals surface area contributed by atoms with Gasteiger partial charge in [-0.3, -0.25) is 0 Å². The van der Waals surface area contributed by atoms with Gasteiger partial charge in [0.15, 0.2) is 0 Å². The van der Waals surface area contributed by atoms with Crippen LogP contribution >= 0.6 is 0 Å². The number of ether oxygens (including phenoxy) is 3. The second-order valence-corrected chi connectivity index (χ2v) is 4.26. The molecule has 2 N–H and O–H groups in total. The maximum absolute atomic E-state index is 11.9. The zero-order valence-electron chi connectivity index (χ0n) is 10.5. The van der Waals surface area contributed by atoms with Crippen molar-refractivity contribution in [3.05, 3.63) is 23.3 Å². The molecule has 0 fully saturated rings. The third-order valence-corrected chi connectivity index (χ3v) is 3.33. The van der Waals surface area contributed by atoms with Gasteiger partial charge in [0, 0.05) is 0 Å². The van der Waals surface area contributed by atoms with Gasteiger partial charge in [0.2, 0.25) is 0 Å². The first-order chi connectivity index (χ1) is 9.00. The Balaban J connectivity index is 2.66. The van der Waals surface area contributed by atoms with Crippen molar-refractivity contribution in [2.45, 2.75) is 11.2 Å². The predicted molar refractivity (Wildman–Crippen MR) is 60.9 cm³/mol. The number of carbonyl (C=O) groups is 2. The Bertz CT molecular complexity index is 450. The maximum Gasteiger partial charge on any atom is 0.337 e. The summed E-state index contributed by atoms with van der Waals surface area (Å²) in [5.74, 6) is -1.62. The second-order valence-electron chi connectivity index (χ2n) is 4.26. The number of esters is 2. The molecule has 0 aromatic heterocycles. The molecule has 0 saturated carbocycles. The van der Waals surface area contributed by atoms with Crippen LogP contribution in [0.3, 0.4) is 0 Å². The molecule has 2 unspecified atom stereocenters. The molecule has 2 aliphatic rings. The van der Waals surface area contributed by atoms with E-state index in [1.165, 1.54) is 12.2 Å². The summed E-state index contributed by atoms with van der Waals surface area (Å²) in [6, 6.07) is 0. The number of hydrogen-bond acceptors (Lipinski definition) is 7. The van der Waals surface area contributed by atoms with Crippen LogP contribution in [-0.4, -0.2) is 60.8 Å². The molecule has 7 nitrogen and oxygen atoms in total. The predicted octanol–water partition coefficient (Wildman–Crippen LogP) is -1.31. The van der Waals surface area contributed by atoms with Crippen LogP contribution in [0.25, 0.3) is 0 Å². The van der Waals surface area contributed by atoms with Crippen molar-refractivity contribution in [1.82, 2.24) is 0 Å². The molecule has 7 heteroatoms. The summed E-state index contributed by atoms with van der Waals surface area (Å²) in [7, 11) is 2.30. The average molecular weight is 270 g/mol. The Labute approximate surface area is 109 Å². The lowest BCUT2D eigenvalue weighted by Crippen LogP contribution is -2.37. The number of methoxy groups -OCH3 is 2. The van der Waals surface area contributed by atoms with Crippen LogP contribution in [0.5, 0.6) is 0 Å². The number of fused-ring (bicyclic) bond motifs is 2. The highest BCUT2D eigenvalue weighted by Gasteiger charge is 2.61. The van der Waals surface area contributed by atoms with E-state index in [0.29, 0.717) is 0 Å². The fourth-order valence-corrected chi connectivity index (χ4v) is 2.44. The third kappa shape index (κ3) is 1.62. The average Bonchev–Trinajstić information content (AvgIpc) is 2.97. The molecule has 0 saturated heterocycles. The van der Waals surface area contributed by atoms with E-state index in [1.54, 1.807) is 0 Å². The van der Waals surface area contributed by atoms with Crippen molar-refractivity contribution in [3.8, 4) is 0 Å². The normalized spacial score (nSPS) is 31.8. The number of aliphatic hydroxyl groups excluding tert-OH is 2. The molecule has 0 amide bonds. The summed E-state index contributed by atoms with van der Waals surface area (Å²) in [4.78, 5) is 23.7. The molecule has 0 radical (unpaired) electrons. The summed E-state index contributed by atoms with van der Waals surface area (Å²) in [5, 5.41) is 19.0. The molecular weight excluding hydrogens is 256 g/mol. The molecule has 0 aromatic rings. The highest BCUT2D eigenvalue weighted by molar-refractivity contribution is 6.06. The Morgan fingerprint density at radius 2 is 1.42 bits per heavy atom. The van der Waals surface area contributed by atoms with E-state index in [9.17, 15) is 19.8 Å². The Hall–Kier alpha value is -1.70. The van der Waals surface area contributed by atoms with E-state index in [4.69, 9.17) is 4.74 Å². The highest BCUT2D eigenvalue weighted by atomic mass is 16.6. The smallest absolute Gasteiger partial charge is 0.337 e. The monoisotopic (exact) mass is 270 g/mol. The number of carbonyl (C=O) groups excluding carboxylic acids is 2. The van der Waals surface area contributed by atoms with Gasteiger partial charge >= 0.3 is 11.9 Å². The first-order valence-corrected chi connectivity index (χ1v) is 5.54. The summed E-state index contributed by atoms with van der Waals surface area (Å²) >= 11 is 0. The van der Waals surface area contributed by atoms with E-state index in [1.807, 2.05) is 0 Å². The van der Waals surface area contributed by atoms with Gasteiger partial charge in [-0.15, -0.1) is 0 Å². The first-order valence-electron chi connectivity index (χ1n) is 5.54. The van der Waals surface area contributed by atoms with Crippen molar-refractivity contribution in [3.63, 3.8) is 0 Å². The van der Waals surface area contributed by atoms with Gasteiger partial charge in [-0.05, 0) is 12.2 Å². The molecule has 2 aliphatic heterocycles. The van der Waals surface area contributed by atoms with Crippen molar-refractivity contribution in [2.75, 3.05) is 27.4 Å². The fourth-order valence-electron chi connectivity index (χ4n) is 2.44. The molecule has 2 heterocycles. The first kappa shape index (κ1) is 13.7. The lowest BCUT2D eigenvalue weighted by Gasteiger charge is -2.24. The molecule has 0 aromatic carbocycles. The van der Waals surface area contributed by atoms with E-state index >= 15 is 0 Å². The van der Waals surface area contributed by atoms with Crippen LogP contribution in [0.4, 0.5) is 0 Å². The zero-order chi connectivity index (χ0) is 14.3. The Morgan fingerprint density at radius 1 is 1.05 bits per heavy atom.